The minimum atomic E-state index is -0.194. The highest BCUT2D eigenvalue weighted by Crippen LogP contribution is 2.43. The molecule has 0 unspecified atom stereocenters. The summed E-state index contributed by atoms with van der Waals surface area (Å²) < 4.78 is 0. The van der Waals surface area contributed by atoms with E-state index < -0.39 is 0 Å². The fourth-order valence-corrected chi connectivity index (χ4v) is 2.19. The van der Waals surface area contributed by atoms with Gasteiger partial charge in [-0.2, -0.15) is 0 Å². The highest BCUT2D eigenvalue weighted by molar-refractivity contribution is 6.49. The maximum absolute atomic E-state index is 12.7. The second-order valence-corrected chi connectivity index (χ2v) is 8.26. The molecule has 0 aliphatic carbocycles. The zero-order chi connectivity index (χ0) is 14.5. The molecule has 0 aromatic rings. The SMILES string of the molecule is CC(C)(C)C1=NC(C(C)(C)C)=C(C(C)(C)C)C1=O. The number of nitrogens with zero attached hydrogens (tertiary/aromatic N) is 1. The van der Waals surface area contributed by atoms with Gasteiger partial charge in [-0.05, 0) is 5.41 Å². The molecule has 2 nitrogen and oxygen atoms in total. The number of Topliss-reactive ketones (excluding diaryl/α,β-unsaturated/α-hetero) is 1. The smallest absolute Gasteiger partial charge is 0.206 e. The fourth-order valence-electron chi connectivity index (χ4n) is 2.19. The van der Waals surface area contributed by atoms with E-state index in [1.165, 1.54) is 0 Å². The summed E-state index contributed by atoms with van der Waals surface area (Å²) in [6.07, 6.45) is 0. The van der Waals surface area contributed by atoms with Crippen molar-refractivity contribution in [1.82, 2.24) is 0 Å². The summed E-state index contributed by atoms with van der Waals surface area (Å²) in [6, 6.07) is 0. The van der Waals surface area contributed by atoms with E-state index in [1.54, 1.807) is 0 Å². The lowest BCUT2D eigenvalue weighted by atomic mass is 9.75. The molecule has 18 heavy (non-hydrogen) atoms. The number of aliphatic imine (C=N–C) groups is 1. The molecule has 1 aliphatic rings. The van der Waals surface area contributed by atoms with E-state index in [4.69, 9.17) is 4.99 Å². The predicted molar refractivity (Wildman–Crippen MR) is 77.8 cm³/mol. The minimum absolute atomic E-state index is 0.0920. The quantitative estimate of drug-likeness (QED) is 0.625. The van der Waals surface area contributed by atoms with Crippen LogP contribution in [0.15, 0.2) is 16.3 Å². The van der Waals surface area contributed by atoms with Crippen LogP contribution >= 0.6 is 0 Å². The zero-order valence-electron chi connectivity index (χ0n) is 13.4. The first-order valence-corrected chi connectivity index (χ1v) is 6.65. The third-order valence-electron chi connectivity index (χ3n) is 3.07. The van der Waals surface area contributed by atoms with Crippen molar-refractivity contribution in [2.45, 2.75) is 62.3 Å². The van der Waals surface area contributed by atoms with Gasteiger partial charge in [0.25, 0.3) is 0 Å². The van der Waals surface area contributed by atoms with Crippen LogP contribution in [-0.2, 0) is 4.79 Å². The molecule has 0 N–H and O–H groups in total. The average molecular weight is 249 g/mol. The van der Waals surface area contributed by atoms with Crippen molar-refractivity contribution in [3.63, 3.8) is 0 Å². The van der Waals surface area contributed by atoms with Gasteiger partial charge < -0.3 is 0 Å². The first-order chi connectivity index (χ1) is 7.76. The molecule has 0 amide bonds. The third kappa shape index (κ3) is 2.73. The summed E-state index contributed by atoms with van der Waals surface area (Å²) in [5.74, 6) is 0.139. The second-order valence-electron chi connectivity index (χ2n) is 8.26. The summed E-state index contributed by atoms with van der Waals surface area (Å²) >= 11 is 0. The van der Waals surface area contributed by atoms with E-state index in [0.29, 0.717) is 5.71 Å². The van der Waals surface area contributed by atoms with Crippen LogP contribution in [0.25, 0.3) is 0 Å². The number of hydrogen-bond donors (Lipinski definition) is 0. The Morgan fingerprint density at radius 3 is 1.39 bits per heavy atom. The van der Waals surface area contributed by atoms with Gasteiger partial charge in [0.2, 0.25) is 5.78 Å². The Morgan fingerprint density at radius 1 is 0.722 bits per heavy atom. The molecule has 0 saturated heterocycles. The summed E-state index contributed by atoms with van der Waals surface area (Å²) in [4.78, 5) is 17.4. The number of carbonyl (C=O) groups excluding carboxylic acids is 1. The highest BCUT2D eigenvalue weighted by Gasteiger charge is 2.42. The summed E-state index contributed by atoms with van der Waals surface area (Å²) in [5, 5.41) is 0. The first-order valence-electron chi connectivity index (χ1n) is 6.65. The maximum Gasteiger partial charge on any atom is 0.206 e. The van der Waals surface area contributed by atoms with E-state index >= 15 is 0 Å². The van der Waals surface area contributed by atoms with Gasteiger partial charge in [-0.25, -0.2) is 0 Å². The van der Waals surface area contributed by atoms with E-state index in [9.17, 15) is 4.79 Å². The molecular weight excluding hydrogens is 222 g/mol. The Labute approximate surface area is 112 Å². The Balaban J connectivity index is 3.45. The van der Waals surface area contributed by atoms with Crippen molar-refractivity contribution in [3.05, 3.63) is 11.3 Å². The molecule has 0 radical (unpaired) electrons. The molecule has 102 valence electrons. The molecule has 1 rings (SSSR count). The van der Waals surface area contributed by atoms with Crippen LogP contribution in [0.1, 0.15) is 62.3 Å². The standard InChI is InChI=1S/C16H27NO/c1-14(2,3)10-11(18)13(16(7,8)9)17-12(10)15(4,5)6/h1-9H3. The number of hydrogen-bond acceptors (Lipinski definition) is 2. The second kappa shape index (κ2) is 4.04. The van der Waals surface area contributed by atoms with E-state index in [1.807, 2.05) is 0 Å². The van der Waals surface area contributed by atoms with E-state index in [0.717, 1.165) is 11.3 Å². The van der Waals surface area contributed by atoms with Gasteiger partial charge in [-0.1, -0.05) is 62.3 Å². The topological polar surface area (TPSA) is 29.4 Å². The normalized spacial score (nSPS) is 18.5. The number of ketones is 1. The van der Waals surface area contributed by atoms with Crippen LogP contribution in [0.4, 0.5) is 0 Å². The molecule has 2 heteroatoms. The molecular formula is C16H27NO. The van der Waals surface area contributed by atoms with Gasteiger partial charge in [-0.15, -0.1) is 0 Å². The summed E-state index contributed by atoms with van der Waals surface area (Å²) in [5.41, 5.74) is 2.12. The van der Waals surface area contributed by atoms with Crippen LogP contribution in [0, 0.1) is 16.2 Å². The van der Waals surface area contributed by atoms with Crippen LogP contribution in [-0.4, -0.2) is 11.5 Å². The van der Waals surface area contributed by atoms with Crippen molar-refractivity contribution in [2.24, 2.45) is 21.2 Å². The van der Waals surface area contributed by atoms with Crippen molar-refractivity contribution in [3.8, 4) is 0 Å². The summed E-state index contributed by atoms with van der Waals surface area (Å²) in [7, 11) is 0. The van der Waals surface area contributed by atoms with Crippen molar-refractivity contribution < 1.29 is 4.79 Å². The Bertz CT molecular complexity index is 431. The lowest BCUT2D eigenvalue weighted by Gasteiger charge is -2.26. The summed E-state index contributed by atoms with van der Waals surface area (Å²) in [6.45, 7) is 18.8. The van der Waals surface area contributed by atoms with Crippen LogP contribution in [0.2, 0.25) is 0 Å². The van der Waals surface area contributed by atoms with Crippen molar-refractivity contribution >= 4 is 11.5 Å². The molecule has 0 saturated carbocycles. The van der Waals surface area contributed by atoms with Gasteiger partial charge in [0.1, 0.15) is 0 Å². The molecule has 0 atom stereocenters. The van der Waals surface area contributed by atoms with Crippen molar-refractivity contribution in [2.75, 3.05) is 0 Å². The highest BCUT2D eigenvalue weighted by atomic mass is 16.1. The number of rotatable bonds is 0. The molecule has 0 aromatic carbocycles. The van der Waals surface area contributed by atoms with E-state index in [2.05, 4.69) is 62.3 Å². The van der Waals surface area contributed by atoms with Gasteiger partial charge >= 0.3 is 0 Å². The monoisotopic (exact) mass is 249 g/mol. The lowest BCUT2D eigenvalue weighted by molar-refractivity contribution is -0.110. The molecule has 0 aromatic heterocycles. The maximum atomic E-state index is 12.7. The predicted octanol–water partition coefficient (Wildman–Crippen LogP) is 4.40. The number of carbonyl (C=O) groups is 1. The minimum Gasteiger partial charge on any atom is -0.287 e. The van der Waals surface area contributed by atoms with Gasteiger partial charge in [0, 0.05) is 16.4 Å². The van der Waals surface area contributed by atoms with Crippen molar-refractivity contribution in [1.29, 1.82) is 0 Å². The van der Waals surface area contributed by atoms with Gasteiger partial charge in [0.05, 0.1) is 11.4 Å². The Morgan fingerprint density at radius 2 is 1.17 bits per heavy atom. The molecule has 0 fully saturated rings. The third-order valence-corrected chi connectivity index (χ3v) is 3.07. The van der Waals surface area contributed by atoms with Crippen LogP contribution in [0.5, 0.6) is 0 Å². The van der Waals surface area contributed by atoms with E-state index in [-0.39, 0.29) is 22.0 Å². The fraction of sp³-hybridized carbons (Fsp3) is 0.750. The van der Waals surface area contributed by atoms with Crippen LogP contribution in [0.3, 0.4) is 0 Å². The van der Waals surface area contributed by atoms with Gasteiger partial charge in [0.15, 0.2) is 0 Å². The van der Waals surface area contributed by atoms with Gasteiger partial charge in [-0.3, -0.25) is 9.79 Å². The Hall–Kier alpha value is -0.920. The number of allylic oxidation sites excluding steroid dienone is 2. The lowest BCUT2D eigenvalue weighted by Crippen LogP contribution is -2.30. The van der Waals surface area contributed by atoms with Crippen LogP contribution < -0.4 is 0 Å². The largest absolute Gasteiger partial charge is 0.287 e. The first kappa shape index (κ1) is 15.1. The molecule has 1 heterocycles. The molecule has 0 bridgehead atoms. The Kier molecular flexibility index (Phi) is 3.40. The average Bonchev–Trinajstić information content (AvgIpc) is 2.39. The molecule has 0 spiro atoms. The zero-order valence-corrected chi connectivity index (χ0v) is 13.4. The molecule has 1 aliphatic heterocycles.